The molecule has 0 saturated carbocycles. The van der Waals surface area contributed by atoms with Gasteiger partial charge in [-0.15, -0.1) is 0 Å². The van der Waals surface area contributed by atoms with E-state index in [2.05, 4.69) is 20.8 Å². The maximum Gasteiger partial charge on any atom is 0.251 e. The second-order valence-electron chi connectivity index (χ2n) is 5.45. The molecule has 0 aliphatic carbocycles. The fraction of sp³-hybridized carbons (Fsp3) is 0.846. The normalized spacial score (nSPS) is 23.3. The molecule has 1 heterocycles. The van der Waals surface area contributed by atoms with Crippen molar-refractivity contribution in [1.29, 1.82) is 0 Å². The highest BCUT2D eigenvalue weighted by Crippen LogP contribution is 2.22. The smallest absolute Gasteiger partial charge is 0.251 e. The summed E-state index contributed by atoms with van der Waals surface area (Å²) >= 11 is 4.88. The predicted octanol–water partition coefficient (Wildman–Crippen LogP) is 1.57. The van der Waals surface area contributed by atoms with Gasteiger partial charge in [-0.3, -0.25) is 4.79 Å². The van der Waals surface area contributed by atoms with Crippen molar-refractivity contribution in [3.05, 3.63) is 0 Å². The zero-order chi connectivity index (χ0) is 13.7. The minimum Gasteiger partial charge on any atom is -0.393 e. The molecule has 1 fully saturated rings. The van der Waals surface area contributed by atoms with Gasteiger partial charge in [0.1, 0.15) is 6.10 Å². The Kier molecular flexibility index (Phi) is 6.02. The van der Waals surface area contributed by atoms with Gasteiger partial charge in [-0.1, -0.05) is 33.0 Å². The maximum absolute atomic E-state index is 12.4. The molecular weight excluding hydrogens is 248 g/mol. The number of rotatable bonds is 6. The molecule has 1 aliphatic rings. The lowest BCUT2D eigenvalue weighted by Gasteiger charge is -2.28. The van der Waals surface area contributed by atoms with E-state index < -0.39 is 0 Å². The Balaban J connectivity index is 2.62. The van der Waals surface area contributed by atoms with Crippen LogP contribution in [0.3, 0.4) is 0 Å². The molecular formula is C13H24N2O2S. The van der Waals surface area contributed by atoms with Crippen LogP contribution in [0.25, 0.3) is 0 Å². The van der Waals surface area contributed by atoms with Crippen molar-refractivity contribution in [3.8, 4) is 0 Å². The van der Waals surface area contributed by atoms with Crippen LogP contribution in [0.2, 0.25) is 0 Å². The molecule has 0 bridgehead atoms. The average molecular weight is 272 g/mol. The van der Waals surface area contributed by atoms with E-state index >= 15 is 0 Å². The van der Waals surface area contributed by atoms with Crippen LogP contribution in [0, 0.1) is 11.8 Å². The molecule has 2 unspecified atom stereocenters. The molecule has 0 radical (unpaired) electrons. The van der Waals surface area contributed by atoms with Gasteiger partial charge in [0.2, 0.25) is 0 Å². The lowest BCUT2D eigenvalue weighted by Crippen LogP contribution is -2.44. The van der Waals surface area contributed by atoms with Crippen LogP contribution in [-0.4, -0.2) is 41.6 Å². The number of hydrogen-bond donors (Lipinski definition) is 1. The fourth-order valence-corrected chi connectivity index (χ4v) is 2.26. The molecule has 0 aromatic carbocycles. The van der Waals surface area contributed by atoms with Gasteiger partial charge in [-0.2, -0.15) is 0 Å². The summed E-state index contributed by atoms with van der Waals surface area (Å²) < 4.78 is 5.54. The van der Waals surface area contributed by atoms with E-state index in [1.165, 1.54) is 0 Å². The van der Waals surface area contributed by atoms with E-state index in [1.54, 1.807) is 0 Å². The molecule has 104 valence electrons. The van der Waals surface area contributed by atoms with Crippen molar-refractivity contribution in [2.45, 2.75) is 39.7 Å². The lowest BCUT2D eigenvalue weighted by molar-refractivity contribution is -0.142. The summed E-state index contributed by atoms with van der Waals surface area (Å²) in [6.45, 7) is 8.27. The van der Waals surface area contributed by atoms with Gasteiger partial charge in [-0.25, -0.2) is 0 Å². The quantitative estimate of drug-likeness (QED) is 0.746. The molecule has 5 heteroatoms. The summed E-state index contributed by atoms with van der Waals surface area (Å²) in [7, 11) is 0. The summed E-state index contributed by atoms with van der Waals surface area (Å²) in [6, 6.07) is 0. The van der Waals surface area contributed by atoms with Gasteiger partial charge < -0.3 is 15.4 Å². The summed E-state index contributed by atoms with van der Waals surface area (Å²) in [4.78, 5) is 14.7. The minimum absolute atomic E-state index is 0.0879. The van der Waals surface area contributed by atoms with E-state index in [-0.39, 0.29) is 12.0 Å². The molecule has 1 amide bonds. The van der Waals surface area contributed by atoms with Crippen LogP contribution in [0.15, 0.2) is 0 Å². The van der Waals surface area contributed by atoms with Gasteiger partial charge in [0.05, 0.1) is 4.99 Å². The monoisotopic (exact) mass is 272 g/mol. The highest BCUT2D eigenvalue weighted by Gasteiger charge is 2.34. The summed E-state index contributed by atoms with van der Waals surface area (Å²) in [6.07, 6.45) is 1.26. The van der Waals surface area contributed by atoms with E-state index in [0.29, 0.717) is 36.4 Å². The van der Waals surface area contributed by atoms with Crippen LogP contribution in [0.4, 0.5) is 0 Å². The zero-order valence-corrected chi connectivity index (χ0v) is 12.3. The number of hydrogen-bond acceptors (Lipinski definition) is 3. The van der Waals surface area contributed by atoms with E-state index in [9.17, 15) is 4.79 Å². The maximum atomic E-state index is 12.4. The van der Waals surface area contributed by atoms with Crippen LogP contribution in [0.1, 0.15) is 33.6 Å². The van der Waals surface area contributed by atoms with Crippen LogP contribution < -0.4 is 5.73 Å². The topological polar surface area (TPSA) is 55.6 Å². The van der Waals surface area contributed by atoms with Gasteiger partial charge in [0, 0.05) is 26.1 Å². The first kappa shape index (κ1) is 15.4. The van der Waals surface area contributed by atoms with E-state index in [1.807, 2.05) is 4.90 Å². The van der Waals surface area contributed by atoms with Crippen LogP contribution >= 0.6 is 12.2 Å². The molecule has 2 atom stereocenters. The Labute approximate surface area is 115 Å². The Morgan fingerprint density at radius 3 is 2.67 bits per heavy atom. The molecule has 0 spiro atoms. The van der Waals surface area contributed by atoms with Crippen molar-refractivity contribution in [3.63, 3.8) is 0 Å². The summed E-state index contributed by atoms with van der Waals surface area (Å²) in [5.74, 6) is 0.818. The van der Waals surface area contributed by atoms with Crippen LogP contribution in [-0.2, 0) is 9.53 Å². The highest BCUT2D eigenvalue weighted by atomic mass is 32.1. The first-order valence-electron chi connectivity index (χ1n) is 6.60. The molecule has 1 aliphatic heterocycles. The van der Waals surface area contributed by atoms with Gasteiger partial charge in [0.15, 0.2) is 0 Å². The molecule has 1 saturated heterocycles. The van der Waals surface area contributed by atoms with E-state index in [0.717, 1.165) is 13.0 Å². The lowest BCUT2D eigenvalue weighted by atomic mass is 10.0. The molecule has 1 rings (SSSR count). The van der Waals surface area contributed by atoms with E-state index in [4.69, 9.17) is 22.7 Å². The van der Waals surface area contributed by atoms with Crippen molar-refractivity contribution in [2.24, 2.45) is 17.6 Å². The number of ether oxygens (including phenoxy) is 1. The number of thiocarbonyl (C=S) groups is 1. The van der Waals surface area contributed by atoms with Crippen molar-refractivity contribution in [2.75, 3.05) is 19.7 Å². The second-order valence-corrected chi connectivity index (χ2v) is 5.98. The van der Waals surface area contributed by atoms with Gasteiger partial charge >= 0.3 is 0 Å². The largest absolute Gasteiger partial charge is 0.393 e. The number of nitrogens with zero attached hydrogens (tertiary/aromatic N) is 1. The number of carbonyl (C=O) groups excluding carboxylic acids is 1. The van der Waals surface area contributed by atoms with Crippen molar-refractivity contribution in [1.82, 2.24) is 4.90 Å². The number of nitrogens with two attached hydrogens (primary N) is 1. The van der Waals surface area contributed by atoms with Crippen LogP contribution in [0.5, 0.6) is 0 Å². The third kappa shape index (κ3) is 4.53. The third-order valence-electron chi connectivity index (χ3n) is 3.16. The second kappa shape index (κ2) is 7.04. The summed E-state index contributed by atoms with van der Waals surface area (Å²) in [5.41, 5.74) is 5.51. The molecule has 18 heavy (non-hydrogen) atoms. The third-order valence-corrected chi connectivity index (χ3v) is 3.36. The SMILES string of the molecule is CC(C)CN(CCC(N)=S)C(=O)C1OCCC1C. The van der Waals surface area contributed by atoms with Gasteiger partial charge in [-0.05, 0) is 18.3 Å². The molecule has 0 aromatic heterocycles. The predicted molar refractivity (Wildman–Crippen MR) is 76.3 cm³/mol. The van der Waals surface area contributed by atoms with Crippen molar-refractivity contribution >= 4 is 23.1 Å². The fourth-order valence-electron chi connectivity index (χ4n) is 2.17. The molecule has 2 N–H and O–H groups in total. The Hall–Kier alpha value is -0.680. The molecule has 4 nitrogen and oxygen atoms in total. The Bertz CT molecular complexity index is 307. The first-order valence-corrected chi connectivity index (χ1v) is 7.01. The average Bonchev–Trinajstić information content (AvgIpc) is 2.69. The molecule has 0 aromatic rings. The minimum atomic E-state index is -0.282. The van der Waals surface area contributed by atoms with Crippen molar-refractivity contribution < 1.29 is 9.53 Å². The van der Waals surface area contributed by atoms with Gasteiger partial charge in [0.25, 0.3) is 5.91 Å². The summed E-state index contributed by atoms with van der Waals surface area (Å²) in [5, 5.41) is 0. The first-order chi connectivity index (χ1) is 8.41. The number of carbonyl (C=O) groups is 1. The standard InChI is InChI=1S/C13H24N2O2S/c1-9(2)8-15(6-4-11(14)18)13(16)12-10(3)5-7-17-12/h9-10,12H,4-8H2,1-3H3,(H2,14,18). The highest BCUT2D eigenvalue weighted by molar-refractivity contribution is 7.80. The zero-order valence-electron chi connectivity index (χ0n) is 11.5. The Morgan fingerprint density at radius 2 is 2.22 bits per heavy atom. The Morgan fingerprint density at radius 1 is 1.56 bits per heavy atom. The number of amides is 1.